The second-order valence-electron chi connectivity index (χ2n) is 3.38. The molecule has 11 heavy (non-hydrogen) atoms. The largest absolute Gasteiger partial charge is 0.0651 e. The summed E-state index contributed by atoms with van der Waals surface area (Å²) in [5, 5.41) is 0. The molecule has 0 heterocycles. The minimum absolute atomic E-state index is 0.904. The van der Waals surface area contributed by atoms with Crippen molar-refractivity contribution in [1.29, 1.82) is 0 Å². The first-order chi connectivity index (χ1) is 5.40. The summed E-state index contributed by atoms with van der Waals surface area (Å²) in [6.07, 6.45) is 3.89. The molecule has 0 fully saturated rings. The summed E-state index contributed by atoms with van der Waals surface area (Å²) in [4.78, 5) is 0. The van der Waals surface area contributed by atoms with Crippen LogP contribution in [-0.2, 0) is 12.8 Å². The van der Waals surface area contributed by atoms with E-state index >= 15 is 0 Å². The molecular weight excluding hydrogens is 132 g/mol. The molecule has 57 valence electrons. The molecular formula is C11H13. The predicted octanol–water partition coefficient (Wildman–Crippen LogP) is 2.61. The van der Waals surface area contributed by atoms with Crippen LogP contribution < -0.4 is 0 Å². The van der Waals surface area contributed by atoms with Gasteiger partial charge in [0.1, 0.15) is 0 Å². The quantitative estimate of drug-likeness (QED) is 0.570. The van der Waals surface area contributed by atoms with Gasteiger partial charge in [-0.25, -0.2) is 0 Å². The Hall–Kier alpha value is -0.780. The number of benzene rings is 1. The maximum atomic E-state index is 3.14. The minimum atomic E-state index is 0.904. The summed E-state index contributed by atoms with van der Waals surface area (Å²) in [6.45, 7) is 2.28. The molecule has 0 aromatic heterocycles. The fourth-order valence-electron chi connectivity index (χ4n) is 1.87. The Morgan fingerprint density at radius 2 is 2.27 bits per heavy atom. The van der Waals surface area contributed by atoms with Gasteiger partial charge in [-0.05, 0) is 36.0 Å². The average molecular weight is 145 g/mol. The van der Waals surface area contributed by atoms with Crippen molar-refractivity contribution in [2.24, 2.45) is 5.92 Å². The van der Waals surface area contributed by atoms with Crippen molar-refractivity contribution < 1.29 is 0 Å². The molecule has 0 aliphatic heterocycles. The SMILES string of the molecule is CCC1Cc2c[c]ccc2C1. The van der Waals surface area contributed by atoms with Gasteiger partial charge in [0.15, 0.2) is 0 Å². The third-order valence-corrected chi connectivity index (χ3v) is 2.65. The fourth-order valence-corrected chi connectivity index (χ4v) is 1.87. The zero-order valence-electron chi connectivity index (χ0n) is 6.93. The van der Waals surface area contributed by atoms with Crippen molar-refractivity contribution >= 4 is 0 Å². The van der Waals surface area contributed by atoms with Crippen LogP contribution in [-0.4, -0.2) is 0 Å². The molecule has 0 saturated carbocycles. The van der Waals surface area contributed by atoms with Crippen LogP contribution in [0, 0.1) is 12.0 Å². The zero-order chi connectivity index (χ0) is 7.68. The van der Waals surface area contributed by atoms with Gasteiger partial charge >= 0.3 is 0 Å². The van der Waals surface area contributed by atoms with Crippen molar-refractivity contribution in [2.45, 2.75) is 26.2 Å². The lowest BCUT2D eigenvalue weighted by Crippen LogP contribution is -1.95. The molecule has 1 aliphatic carbocycles. The van der Waals surface area contributed by atoms with Crippen LogP contribution in [0.1, 0.15) is 24.5 Å². The Bertz CT molecular complexity index is 225. The number of hydrogen-bond donors (Lipinski definition) is 0. The van der Waals surface area contributed by atoms with E-state index in [1.54, 1.807) is 5.56 Å². The minimum Gasteiger partial charge on any atom is -0.0651 e. The smallest absolute Gasteiger partial charge is 0.0181 e. The van der Waals surface area contributed by atoms with Gasteiger partial charge in [0, 0.05) is 0 Å². The predicted molar refractivity (Wildman–Crippen MR) is 46.5 cm³/mol. The van der Waals surface area contributed by atoms with Crippen LogP contribution in [0.4, 0.5) is 0 Å². The van der Waals surface area contributed by atoms with Gasteiger partial charge in [-0.3, -0.25) is 0 Å². The third-order valence-electron chi connectivity index (χ3n) is 2.65. The first-order valence-electron chi connectivity index (χ1n) is 4.38. The normalized spacial score (nSPS) is 16.8. The second kappa shape index (κ2) is 2.69. The molecule has 1 radical (unpaired) electrons. The topological polar surface area (TPSA) is 0 Å². The van der Waals surface area contributed by atoms with Gasteiger partial charge in [-0.15, -0.1) is 0 Å². The molecule has 1 aromatic rings. The Morgan fingerprint density at radius 3 is 3.00 bits per heavy atom. The second-order valence-corrected chi connectivity index (χ2v) is 3.38. The lowest BCUT2D eigenvalue weighted by atomic mass is 10.0. The highest BCUT2D eigenvalue weighted by Crippen LogP contribution is 2.27. The molecule has 2 rings (SSSR count). The van der Waals surface area contributed by atoms with Crippen molar-refractivity contribution in [3.8, 4) is 0 Å². The summed E-state index contributed by atoms with van der Waals surface area (Å²) < 4.78 is 0. The van der Waals surface area contributed by atoms with Crippen molar-refractivity contribution in [1.82, 2.24) is 0 Å². The van der Waals surface area contributed by atoms with Gasteiger partial charge in [-0.2, -0.15) is 0 Å². The van der Waals surface area contributed by atoms with E-state index in [1.807, 2.05) is 6.07 Å². The third kappa shape index (κ3) is 1.18. The van der Waals surface area contributed by atoms with E-state index in [1.165, 1.54) is 24.8 Å². The van der Waals surface area contributed by atoms with E-state index in [4.69, 9.17) is 0 Å². The summed E-state index contributed by atoms with van der Waals surface area (Å²) in [7, 11) is 0. The van der Waals surface area contributed by atoms with E-state index in [0.29, 0.717) is 0 Å². The monoisotopic (exact) mass is 145 g/mol. The van der Waals surface area contributed by atoms with E-state index in [0.717, 1.165) is 5.92 Å². The zero-order valence-corrected chi connectivity index (χ0v) is 6.93. The Morgan fingerprint density at radius 1 is 1.45 bits per heavy atom. The Labute approximate surface area is 68.3 Å². The van der Waals surface area contributed by atoms with Crippen LogP contribution in [0.3, 0.4) is 0 Å². The molecule has 0 heteroatoms. The lowest BCUT2D eigenvalue weighted by molar-refractivity contribution is 0.543. The summed E-state index contributed by atoms with van der Waals surface area (Å²) >= 11 is 0. The Kier molecular flexibility index (Phi) is 1.69. The van der Waals surface area contributed by atoms with E-state index in [-0.39, 0.29) is 0 Å². The highest BCUT2D eigenvalue weighted by atomic mass is 14.2. The number of hydrogen-bond acceptors (Lipinski definition) is 0. The molecule has 0 bridgehead atoms. The summed E-state index contributed by atoms with van der Waals surface area (Å²) in [5.41, 5.74) is 3.08. The maximum Gasteiger partial charge on any atom is -0.0181 e. The number of fused-ring (bicyclic) bond motifs is 1. The molecule has 0 amide bonds. The molecule has 1 aliphatic rings. The molecule has 0 N–H and O–H groups in total. The lowest BCUT2D eigenvalue weighted by Gasteiger charge is -2.01. The average Bonchev–Trinajstić information content (AvgIpc) is 2.46. The highest BCUT2D eigenvalue weighted by molar-refractivity contribution is 5.31. The van der Waals surface area contributed by atoms with Crippen LogP contribution >= 0.6 is 0 Å². The standard InChI is InChI=1S/C11H13/c1-2-9-7-10-5-3-4-6-11(10)8-9/h3,5-6,9H,2,7-8H2,1H3. The summed E-state index contributed by atoms with van der Waals surface area (Å²) in [5.74, 6) is 0.904. The van der Waals surface area contributed by atoms with Gasteiger partial charge in [0.2, 0.25) is 0 Å². The van der Waals surface area contributed by atoms with Crippen molar-refractivity contribution in [3.63, 3.8) is 0 Å². The molecule has 1 atom stereocenters. The highest BCUT2D eigenvalue weighted by Gasteiger charge is 2.18. The van der Waals surface area contributed by atoms with Gasteiger partial charge in [-0.1, -0.05) is 31.5 Å². The maximum absolute atomic E-state index is 3.14. The molecule has 1 aromatic carbocycles. The van der Waals surface area contributed by atoms with Crippen molar-refractivity contribution in [3.05, 3.63) is 35.4 Å². The first-order valence-corrected chi connectivity index (χ1v) is 4.38. The molecule has 1 unspecified atom stereocenters. The fraction of sp³-hybridized carbons (Fsp3) is 0.455. The van der Waals surface area contributed by atoms with E-state index in [9.17, 15) is 0 Å². The van der Waals surface area contributed by atoms with Crippen LogP contribution in [0.15, 0.2) is 18.2 Å². The van der Waals surface area contributed by atoms with Crippen LogP contribution in [0.2, 0.25) is 0 Å². The van der Waals surface area contributed by atoms with Gasteiger partial charge in [0.05, 0.1) is 0 Å². The van der Waals surface area contributed by atoms with Gasteiger partial charge in [0.25, 0.3) is 0 Å². The van der Waals surface area contributed by atoms with Crippen molar-refractivity contribution in [2.75, 3.05) is 0 Å². The number of rotatable bonds is 1. The van der Waals surface area contributed by atoms with E-state index in [2.05, 4.69) is 25.1 Å². The Balaban J connectivity index is 2.27. The van der Waals surface area contributed by atoms with E-state index < -0.39 is 0 Å². The molecule has 0 spiro atoms. The first kappa shape index (κ1) is 6.90. The molecule has 0 saturated heterocycles. The summed E-state index contributed by atoms with van der Waals surface area (Å²) in [6, 6.07) is 9.52. The van der Waals surface area contributed by atoms with Crippen LogP contribution in [0.5, 0.6) is 0 Å². The molecule has 0 nitrogen and oxygen atoms in total. The van der Waals surface area contributed by atoms with Gasteiger partial charge < -0.3 is 0 Å². The van der Waals surface area contributed by atoms with Crippen LogP contribution in [0.25, 0.3) is 0 Å².